The normalized spacial score (nSPS) is 10.2. The molecule has 0 heterocycles. The summed E-state index contributed by atoms with van der Waals surface area (Å²) in [4.78, 5) is 11.8. The molecule has 0 spiro atoms. The van der Waals surface area contributed by atoms with Crippen LogP contribution in [0.3, 0.4) is 0 Å². The molecular formula is C16H16ClFN2O. The molecule has 0 unspecified atom stereocenters. The lowest BCUT2D eigenvalue weighted by molar-refractivity contribution is -0.115. The van der Waals surface area contributed by atoms with Crippen molar-refractivity contribution >= 4 is 28.9 Å². The van der Waals surface area contributed by atoms with Gasteiger partial charge in [0.25, 0.3) is 0 Å². The van der Waals surface area contributed by atoms with Crippen molar-refractivity contribution in [2.45, 2.75) is 13.3 Å². The van der Waals surface area contributed by atoms with Crippen molar-refractivity contribution in [1.29, 1.82) is 0 Å². The number of rotatable bonds is 5. The van der Waals surface area contributed by atoms with Gasteiger partial charge in [-0.3, -0.25) is 4.79 Å². The van der Waals surface area contributed by atoms with Crippen LogP contribution in [0.25, 0.3) is 0 Å². The zero-order valence-electron chi connectivity index (χ0n) is 11.6. The Balaban J connectivity index is 1.81. The molecule has 0 aliphatic carbocycles. The van der Waals surface area contributed by atoms with Crippen LogP contribution in [-0.4, -0.2) is 12.5 Å². The van der Waals surface area contributed by atoms with Gasteiger partial charge in [-0.1, -0.05) is 17.7 Å². The molecule has 3 nitrogen and oxygen atoms in total. The summed E-state index contributed by atoms with van der Waals surface area (Å²) in [6.07, 6.45) is 0.290. The summed E-state index contributed by atoms with van der Waals surface area (Å²) in [5.74, 6) is -0.539. The molecule has 110 valence electrons. The number of benzene rings is 2. The Labute approximate surface area is 128 Å². The van der Waals surface area contributed by atoms with E-state index in [-0.39, 0.29) is 11.7 Å². The van der Waals surface area contributed by atoms with Crippen molar-refractivity contribution in [3.05, 3.63) is 58.9 Å². The number of hydrogen-bond donors (Lipinski definition) is 2. The van der Waals surface area contributed by atoms with Gasteiger partial charge in [0, 0.05) is 29.4 Å². The molecular weight excluding hydrogens is 291 g/mol. The van der Waals surface area contributed by atoms with Crippen LogP contribution in [0.1, 0.15) is 12.0 Å². The third-order valence-corrected chi connectivity index (χ3v) is 3.20. The molecule has 2 aromatic carbocycles. The second kappa shape index (κ2) is 7.09. The van der Waals surface area contributed by atoms with Gasteiger partial charge in [0.05, 0.1) is 0 Å². The monoisotopic (exact) mass is 306 g/mol. The van der Waals surface area contributed by atoms with E-state index < -0.39 is 0 Å². The van der Waals surface area contributed by atoms with E-state index in [1.54, 1.807) is 18.2 Å². The Morgan fingerprint density at radius 2 is 2.05 bits per heavy atom. The zero-order valence-corrected chi connectivity index (χ0v) is 12.4. The van der Waals surface area contributed by atoms with E-state index in [1.807, 2.05) is 19.1 Å². The molecule has 0 aliphatic heterocycles. The fraction of sp³-hybridized carbons (Fsp3) is 0.188. The van der Waals surface area contributed by atoms with E-state index in [0.29, 0.717) is 23.7 Å². The minimum absolute atomic E-state index is 0.167. The van der Waals surface area contributed by atoms with E-state index >= 15 is 0 Å². The second-order valence-corrected chi connectivity index (χ2v) is 5.13. The number of nitrogens with one attached hydrogen (secondary N) is 2. The van der Waals surface area contributed by atoms with E-state index in [2.05, 4.69) is 10.6 Å². The summed E-state index contributed by atoms with van der Waals surface area (Å²) in [5.41, 5.74) is 2.42. The standard InChI is InChI=1S/C16H16ClFN2O/c1-11-9-12(17)5-6-15(11)19-8-7-16(21)20-14-4-2-3-13(18)10-14/h2-6,9-10,19H,7-8H2,1H3,(H,20,21). The maximum Gasteiger partial charge on any atom is 0.226 e. The average Bonchev–Trinajstić information content (AvgIpc) is 2.41. The van der Waals surface area contributed by atoms with Crippen molar-refractivity contribution in [3.63, 3.8) is 0 Å². The molecule has 21 heavy (non-hydrogen) atoms. The first-order chi connectivity index (χ1) is 10.0. The molecule has 2 N–H and O–H groups in total. The SMILES string of the molecule is Cc1cc(Cl)ccc1NCCC(=O)Nc1cccc(F)c1. The number of hydrogen-bond acceptors (Lipinski definition) is 2. The summed E-state index contributed by atoms with van der Waals surface area (Å²) < 4.78 is 13.0. The lowest BCUT2D eigenvalue weighted by Gasteiger charge is -2.10. The molecule has 2 aromatic rings. The Kier molecular flexibility index (Phi) is 5.17. The first-order valence-electron chi connectivity index (χ1n) is 6.60. The van der Waals surface area contributed by atoms with Crippen LogP contribution in [0.4, 0.5) is 15.8 Å². The highest BCUT2D eigenvalue weighted by molar-refractivity contribution is 6.30. The van der Waals surface area contributed by atoms with Crippen molar-refractivity contribution in [3.8, 4) is 0 Å². The molecule has 0 bridgehead atoms. The zero-order chi connectivity index (χ0) is 15.2. The first-order valence-corrected chi connectivity index (χ1v) is 6.98. The maximum absolute atomic E-state index is 13.0. The molecule has 2 rings (SSSR count). The number of carbonyl (C=O) groups excluding carboxylic acids is 1. The van der Waals surface area contributed by atoms with Crippen LogP contribution in [0.2, 0.25) is 5.02 Å². The van der Waals surface area contributed by atoms with Crippen LogP contribution in [0, 0.1) is 12.7 Å². The molecule has 0 saturated carbocycles. The number of anilines is 2. The molecule has 1 amide bonds. The van der Waals surface area contributed by atoms with Gasteiger partial charge in [-0.25, -0.2) is 4.39 Å². The van der Waals surface area contributed by atoms with E-state index in [0.717, 1.165) is 11.3 Å². The van der Waals surface area contributed by atoms with Gasteiger partial charge >= 0.3 is 0 Å². The second-order valence-electron chi connectivity index (χ2n) is 4.69. The van der Waals surface area contributed by atoms with Gasteiger partial charge in [0.1, 0.15) is 5.82 Å². The predicted molar refractivity (Wildman–Crippen MR) is 84.3 cm³/mol. The summed E-state index contributed by atoms with van der Waals surface area (Å²) in [6, 6.07) is 11.4. The van der Waals surface area contributed by atoms with Gasteiger partial charge in [0.2, 0.25) is 5.91 Å². The molecule has 0 aromatic heterocycles. The third-order valence-electron chi connectivity index (χ3n) is 2.96. The number of aryl methyl sites for hydroxylation is 1. The number of halogens is 2. The molecule has 5 heteroatoms. The Bertz CT molecular complexity index is 646. The van der Waals surface area contributed by atoms with E-state index in [9.17, 15) is 9.18 Å². The van der Waals surface area contributed by atoms with E-state index in [1.165, 1.54) is 12.1 Å². The highest BCUT2D eigenvalue weighted by Gasteiger charge is 2.04. The average molecular weight is 307 g/mol. The summed E-state index contributed by atoms with van der Waals surface area (Å²) in [7, 11) is 0. The van der Waals surface area contributed by atoms with Crippen LogP contribution in [-0.2, 0) is 4.79 Å². The number of amides is 1. The Morgan fingerprint density at radius 1 is 1.24 bits per heavy atom. The lowest BCUT2D eigenvalue weighted by Crippen LogP contribution is -2.16. The molecule has 0 fully saturated rings. The van der Waals surface area contributed by atoms with E-state index in [4.69, 9.17) is 11.6 Å². The topological polar surface area (TPSA) is 41.1 Å². The minimum Gasteiger partial charge on any atom is -0.384 e. The number of carbonyl (C=O) groups is 1. The first kappa shape index (κ1) is 15.3. The lowest BCUT2D eigenvalue weighted by atomic mass is 10.2. The Hall–Kier alpha value is -2.07. The van der Waals surface area contributed by atoms with Crippen molar-refractivity contribution in [2.24, 2.45) is 0 Å². The summed E-state index contributed by atoms with van der Waals surface area (Å²) in [6.45, 7) is 2.44. The van der Waals surface area contributed by atoms with Gasteiger partial charge in [-0.2, -0.15) is 0 Å². The molecule has 0 atom stereocenters. The largest absolute Gasteiger partial charge is 0.384 e. The van der Waals surface area contributed by atoms with Crippen molar-refractivity contribution in [2.75, 3.05) is 17.2 Å². The maximum atomic E-state index is 13.0. The van der Waals surface area contributed by atoms with Gasteiger partial charge in [-0.15, -0.1) is 0 Å². The van der Waals surface area contributed by atoms with Gasteiger partial charge < -0.3 is 10.6 Å². The quantitative estimate of drug-likeness (QED) is 0.868. The van der Waals surface area contributed by atoms with Crippen LogP contribution >= 0.6 is 11.6 Å². The fourth-order valence-corrected chi connectivity index (χ4v) is 2.15. The van der Waals surface area contributed by atoms with Crippen LogP contribution in [0.5, 0.6) is 0 Å². The minimum atomic E-state index is -0.372. The fourth-order valence-electron chi connectivity index (χ4n) is 1.93. The summed E-state index contributed by atoms with van der Waals surface area (Å²) in [5, 5.41) is 6.51. The molecule has 0 radical (unpaired) electrons. The Morgan fingerprint density at radius 3 is 2.76 bits per heavy atom. The van der Waals surface area contributed by atoms with Crippen LogP contribution < -0.4 is 10.6 Å². The van der Waals surface area contributed by atoms with Gasteiger partial charge in [0.15, 0.2) is 0 Å². The van der Waals surface area contributed by atoms with Crippen LogP contribution in [0.15, 0.2) is 42.5 Å². The van der Waals surface area contributed by atoms with Crippen molar-refractivity contribution in [1.82, 2.24) is 0 Å². The highest BCUT2D eigenvalue weighted by atomic mass is 35.5. The molecule has 0 saturated heterocycles. The van der Waals surface area contributed by atoms with Crippen molar-refractivity contribution < 1.29 is 9.18 Å². The third kappa shape index (κ3) is 4.76. The summed E-state index contributed by atoms with van der Waals surface area (Å²) >= 11 is 5.88. The predicted octanol–water partition coefficient (Wildman–Crippen LogP) is 4.23. The highest BCUT2D eigenvalue weighted by Crippen LogP contribution is 2.19. The smallest absolute Gasteiger partial charge is 0.226 e. The molecule has 0 aliphatic rings. The van der Waals surface area contributed by atoms with Gasteiger partial charge in [-0.05, 0) is 48.9 Å².